The predicted octanol–water partition coefficient (Wildman–Crippen LogP) is 6.08. The lowest BCUT2D eigenvalue weighted by molar-refractivity contribution is 0.0963. The van der Waals surface area contributed by atoms with Crippen molar-refractivity contribution in [2.45, 2.75) is 38.7 Å². The molecule has 11 nitrogen and oxygen atoms in total. The van der Waals surface area contributed by atoms with E-state index in [4.69, 9.17) is 20.7 Å². The number of nitrogens with two attached hydrogens (primary N) is 1. The SMILES string of the molecule is CC1CN(C)CC(C)C1n1cc(-c2cnc(N)c3c(-c4ccc(NS(=O)(=O)C(F)F)c(O[C@@H](C)c5ccc(F)cc5)c4)nn(C)c23)cn1. The number of likely N-dealkylation sites (tertiary alicyclic amines) is 1. The van der Waals surface area contributed by atoms with Crippen molar-refractivity contribution in [2.24, 2.45) is 18.9 Å². The summed E-state index contributed by atoms with van der Waals surface area (Å²) in [7, 11) is -1.11. The van der Waals surface area contributed by atoms with E-state index < -0.39 is 27.7 Å². The topological polar surface area (TPSA) is 133 Å². The number of nitrogens with zero attached hydrogens (tertiary/aromatic N) is 6. The van der Waals surface area contributed by atoms with Gasteiger partial charge < -0.3 is 15.4 Å². The Morgan fingerprint density at radius 3 is 2.38 bits per heavy atom. The van der Waals surface area contributed by atoms with E-state index in [9.17, 15) is 21.6 Å². The molecular formula is C33H37F3N8O3S. The summed E-state index contributed by atoms with van der Waals surface area (Å²) in [6, 6.07) is 10.1. The van der Waals surface area contributed by atoms with Gasteiger partial charge in [-0.05, 0) is 55.6 Å². The Balaban J connectivity index is 1.42. The van der Waals surface area contributed by atoms with Gasteiger partial charge in [-0.2, -0.15) is 19.0 Å². The van der Waals surface area contributed by atoms with Crippen molar-refractivity contribution in [1.82, 2.24) is 29.4 Å². The van der Waals surface area contributed by atoms with E-state index in [2.05, 4.69) is 30.8 Å². The molecule has 3 atom stereocenters. The lowest BCUT2D eigenvalue weighted by atomic mass is 9.86. The number of benzene rings is 2. The first kappa shape index (κ1) is 33.3. The Labute approximate surface area is 276 Å². The Morgan fingerprint density at radius 1 is 1.02 bits per heavy atom. The Hall–Kier alpha value is -4.63. The number of aromatic nitrogens is 5. The maximum atomic E-state index is 13.6. The van der Waals surface area contributed by atoms with Crippen LogP contribution in [0.2, 0.25) is 0 Å². The highest BCUT2D eigenvalue weighted by Gasteiger charge is 2.33. The zero-order chi connectivity index (χ0) is 34.5. The van der Waals surface area contributed by atoms with Crippen molar-refractivity contribution in [2.75, 3.05) is 30.6 Å². The summed E-state index contributed by atoms with van der Waals surface area (Å²) in [5, 5.41) is 10.1. The fourth-order valence-electron chi connectivity index (χ4n) is 6.79. The third-order valence-electron chi connectivity index (χ3n) is 8.86. The first-order valence-corrected chi connectivity index (χ1v) is 17.0. The highest BCUT2D eigenvalue weighted by atomic mass is 32.2. The van der Waals surface area contributed by atoms with Gasteiger partial charge in [-0.25, -0.2) is 17.8 Å². The molecule has 48 heavy (non-hydrogen) atoms. The summed E-state index contributed by atoms with van der Waals surface area (Å²) in [6.07, 6.45) is 4.81. The first-order chi connectivity index (χ1) is 22.7. The molecule has 0 radical (unpaired) electrons. The molecule has 0 bridgehead atoms. The number of ether oxygens (including phenoxy) is 1. The van der Waals surface area contributed by atoms with Crippen LogP contribution < -0.4 is 15.2 Å². The lowest BCUT2D eigenvalue weighted by Gasteiger charge is -2.39. The second kappa shape index (κ2) is 12.8. The van der Waals surface area contributed by atoms with Crippen LogP contribution in [-0.2, 0) is 17.1 Å². The van der Waals surface area contributed by atoms with Crippen LogP contribution in [0.3, 0.4) is 0 Å². The molecule has 1 aliphatic heterocycles. The molecule has 0 saturated carbocycles. The Kier molecular flexibility index (Phi) is 8.85. The molecule has 1 fully saturated rings. The Morgan fingerprint density at radius 2 is 1.71 bits per heavy atom. The zero-order valence-corrected chi connectivity index (χ0v) is 27.9. The normalized spacial score (nSPS) is 19.6. The number of piperidine rings is 1. The minimum Gasteiger partial charge on any atom is -0.484 e. The number of anilines is 2. The fourth-order valence-corrected chi connectivity index (χ4v) is 7.35. The number of alkyl halides is 2. The number of fused-ring (bicyclic) bond motifs is 1. The first-order valence-electron chi connectivity index (χ1n) is 15.4. The van der Waals surface area contributed by atoms with Crippen molar-refractivity contribution in [3.8, 4) is 28.1 Å². The third kappa shape index (κ3) is 6.31. The van der Waals surface area contributed by atoms with Crippen LogP contribution in [0.4, 0.5) is 24.7 Å². The molecule has 2 unspecified atom stereocenters. The molecule has 0 amide bonds. The largest absolute Gasteiger partial charge is 0.484 e. The van der Waals surface area contributed by atoms with Gasteiger partial charge in [0.1, 0.15) is 29.2 Å². The van der Waals surface area contributed by atoms with Crippen LogP contribution >= 0.6 is 0 Å². The monoisotopic (exact) mass is 682 g/mol. The molecule has 3 aromatic heterocycles. The molecule has 15 heteroatoms. The van der Waals surface area contributed by atoms with Crippen LogP contribution in [0.1, 0.15) is 38.5 Å². The van der Waals surface area contributed by atoms with Crippen molar-refractivity contribution in [1.29, 1.82) is 0 Å². The highest BCUT2D eigenvalue weighted by molar-refractivity contribution is 7.93. The van der Waals surface area contributed by atoms with Gasteiger partial charge >= 0.3 is 5.76 Å². The average Bonchev–Trinajstić information content (AvgIpc) is 3.63. The number of rotatable bonds is 9. The number of sulfonamides is 1. The van der Waals surface area contributed by atoms with Gasteiger partial charge in [0.15, 0.2) is 0 Å². The van der Waals surface area contributed by atoms with Gasteiger partial charge in [0, 0.05) is 49.2 Å². The Bertz CT molecular complexity index is 2050. The van der Waals surface area contributed by atoms with E-state index in [-0.39, 0.29) is 23.3 Å². The van der Waals surface area contributed by atoms with E-state index >= 15 is 0 Å². The maximum absolute atomic E-state index is 13.6. The number of halogens is 3. The molecule has 1 aliphatic rings. The van der Waals surface area contributed by atoms with Gasteiger partial charge in [-0.15, -0.1) is 0 Å². The van der Waals surface area contributed by atoms with Crippen molar-refractivity contribution < 1.29 is 26.3 Å². The number of nitrogen functional groups attached to an aromatic ring is 1. The van der Waals surface area contributed by atoms with Crippen LogP contribution in [0.25, 0.3) is 33.3 Å². The van der Waals surface area contributed by atoms with E-state index in [0.29, 0.717) is 39.6 Å². The molecule has 1 saturated heterocycles. The summed E-state index contributed by atoms with van der Waals surface area (Å²) in [4.78, 5) is 6.83. The average molecular weight is 683 g/mol. The summed E-state index contributed by atoms with van der Waals surface area (Å²) < 4.78 is 76.2. The molecular weight excluding hydrogens is 645 g/mol. The fraction of sp³-hybridized carbons (Fsp3) is 0.364. The second-order valence-corrected chi connectivity index (χ2v) is 14.2. The van der Waals surface area contributed by atoms with Crippen LogP contribution in [0, 0.1) is 17.7 Å². The van der Waals surface area contributed by atoms with E-state index in [0.717, 1.165) is 24.2 Å². The van der Waals surface area contributed by atoms with Gasteiger partial charge in [-0.3, -0.25) is 14.1 Å². The molecule has 5 aromatic rings. The minimum absolute atomic E-state index is 0.0438. The summed E-state index contributed by atoms with van der Waals surface area (Å²) in [6.45, 7) is 8.08. The molecule has 2 aromatic carbocycles. The summed E-state index contributed by atoms with van der Waals surface area (Å²) in [5.74, 6) is -3.14. The van der Waals surface area contributed by atoms with Crippen LogP contribution in [-0.4, -0.2) is 63.8 Å². The molecule has 3 N–H and O–H groups in total. The molecule has 6 rings (SSSR count). The smallest absolute Gasteiger partial charge is 0.355 e. The minimum atomic E-state index is -5.02. The lowest BCUT2D eigenvalue weighted by Crippen LogP contribution is -2.43. The molecule has 0 spiro atoms. The second-order valence-electron chi connectivity index (χ2n) is 12.6. The van der Waals surface area contributed by atoms with E-state index in [1.807, 2.05) is 21.8 Å². The number of pyridine rings is 1. The van der Waals surface area contributed by atoms with Crippen molar-refractivity contribution in [3.05, 3.63) is 72.4 Å². The molecule has 4 heterocycles. The van der Waals surface area contributed by atoms with Crippen molar-refractivity contribution in [3.63, 3.8) is 0 Å². The maximum Gasteiger partial charge on any atom is 0.355 e. The third-order valence-corrected chi connectivity index (χ3v) is 9.83. The van der Waals surface area contributed by atoms with Gasteiger partial charge in [-0.1, -0.05) is 32.0 Å². The standard InChI is InChI=1S/C33H37F3N8O3S/c1-18-15-42(4)16-19(2)30(18)44-17-23(13-39-44)25-14-38-32(37)28-29(40-43(5)31(25)28)22-8-11-26(41-48(45,46)33(35)36)27(12-22)47-20(3)21-6-9-24(34)10-7-21/h6-14,17-20,30,33,41H,15-16H2,1-5H3,(H2,37,38)/t18?,19?,20-,30?/m0/s1. The zero-order valence-electron chi connectivity index (χ0n) is 27.1. The van der Waals surface area contributed by atoms with Crippen LogP contribution in [0.5, 0.6) is 5.75 Å². The van der Waals surface area contributed by atoms with Gasteiger partial charge in [0.05, 0.1) is 28.8 Å². The van der Waals surface area contributed by atoms with E-state index in [1.54, 1.807) is 24.9 Å². The summed E-state index contributed by atoms with van der Waals surface area (Å²) in [5.41, 5.74) is 10.0. The van der Waals surface area contributed by atoms with Gasteiger partial charge in [0.2, 0.25) is 0 Å². The van der Waals surface area contributed by atoms with Crippen LogP contribution in [0.15, 0.2) is 61.1 Å². The highest BCUT2D eigenvalue weighted by Crippen LogP contribution is 2.41. The number of aryl methyl sites for hydroxylation is 1. The summed E-state index contributed by atoms with van der Waals surface area (Å²) >= 11 is 0. The van der Waals surface area contributed by atoms with Crippen molar-refractivity contribution >= 4 is 32.4 Å². The predicted molar refractivity (Wildman–Crippen MR) is 178 cm³/mol. The molecule has 254 valence electrons. The number of nitrogens with one attached hydrogen (secondary N) is 1. The molecule has 0 aliphatic carbocycles. The van der Waals surface area contributed by atoms with Gasteiger partial charge in [0.25, 0.3) is 10.0 Å². The van der Waals surface area contributed by atoms with E-state index in [1.165, 1.54) is 42.5 Å². The quantitative estimate of drug-likeness (QED) is 0.191. The number of hydrogen-bond acceptors (Lipinski definition) is 8. The number of hydrogen-bond donors (Lipinski definition) is 2.